The number of carbonyl (C=O) groups is 1. The van der Waals surface area contributed by atoms with Crippen molar-refractivity contribution in [1.29, 1.82) is 0 Å². The van der Waals surface area contributed by atoms with E-state index in [1.54, 1.807) is 0 Å². The number of halogens is 1. The summed E-state index contributed by atoms with van der Waals surface area (Å²) >= 11 is 3.34. The largest absolute Gasteiger partial charge is 0.358 e. The lowest BCUT2D eigenvalue weighted by Crippen LogP contribution is -2.29. The average Bonchev–Trinajstić information content (AvgIpc) is 2.68. The second-order valence-electron chi connectivity index (χ2n) is 4.19. The number of carbonyl (C=O) groups excluding carboxylic acids is 1. The maximum absolute atomic E-state index is 11.8. The van der Waals surface area contributed by atoms with Crippen LogP contribution in [0.15, 0.2) is 12.1 Å². The molecule has 1 aromatic heterocycles. The molecular weight excluding hydrogens is 302 g/mol. The summed E-state index contributed by atoms with van der Waals surface area (Å²) in [7, 11) is 1.51. The summed E-state index contributed by atoms with van der Waals surface area (Å²) in [6, 6.07) is 2.79. The molecule has 1 unspecified atom stereocenters. The number of rotatable bonds is 6. The van der Waals surface area contributed by atoms with E-state index in [9.17, 15) is 14.9 Å². The third-order valence-corrected chi connectivity index (χ3v) is 3.19. The van der Waals surface area contributed by atoms with Crippen molar-refractivity contribution in [2.24, 2.45) is 13.0 Å². The minimum absolute atomic E-state index is 0.0892. The molecule has 0 bridgehead atoms. The highest BCUT2D eigenvalue weighted by atomic mass is 79.9. The Morgan fingerprint density at radius 1 is 1.61 bits per heavy atom. The van der Waals surface area contributed by atoms with Crippen LogP contribution in [0.4, 0.5) is 5.82 Å². The van der Waals surface area contributed by atoms with Gasteiger partial charge in [-0.2, -0.15) is 0 Å². The van der Waals surface area contributed by atoms with Gasteiger partial charge >= 0.3 is 5.82 Å². The van der Waals surface area contributed by atoms with Crippen molar-refractivity contribution >= 4 is 27.7 Å². The van der Waals surface area contributed by atoms with Crippen LogP contribution in [0.2, 0.25) is 0 Å². The van der Waals surface area contributed by atoms with Crippen molar-refractivity contribution in [1.82, 2.24) is 9.88 Å². The summed E-state index contributed by atoms with van der Waals surface area (Å²) in [4.78, 5) is 22.0. The first-order valence-electron chi connectivity index (χ1n) is 5.61. The van der Waals surface area contributed by atoms with Crippen molar-refractivity contribution in [3.63, 3.8) is 0 Å². The minimum atomic E-state index is -0.510. The van der Waals surface area contributed by atoms with Crippen molar-refractivity contribution in [3.05, 3.63) is 27.9 Å². The van der Waals surface area contributed by atoms with E-state index in [-0.39, 0.29) is 11.7 Å². The molecule has 0 saturated carbocycles. The molecule has 7 heteroatoms. The van der Waals surface area contributed by atoms with Gasteiger partial charge in [0.1, 0.15) is 0 Å². The highest BCUT2D eigenvalue weighted by Crippen LogP contribution is 2.15. The number of nitrogens with zero attached hydrogens (tertiary/aromatic N) is 2. The van der Waals surface area contributed by atoms with Crippen molar-refractivity contribution in [2.75, 3.05) is 11.9 Å². The first-order valence-corrected chi connectivity index (χ1v) is 6.73. The summed E-state index contributed by atoms with van der Waals surface area (Å²) in [6.45, 7) is 2.60. The lowest BCUT2D eigenvalue weighted by Gasteiger charge is -2.10. The Kier molecular flexibility index (Phi) is 5.33. The van der Waals surface area contributed by atoms with E-state index in [0.717, 1.165) is 11.8 Å². The second kappa shape index (κ2) is 6.53. The molecule has 0 aliphatic heterocycles. The van der Waals surface area contributed by atoms with E-state index in [1.807, 2.05) is 6.92 Å². The van der Waals surface area contributed by atoms with E-state index in [0.29, 0.717) is 18.2 Å². The van der Waals surface area contributed by atoms with Crippen LogP contribution in [0.3, 0.4) is 0 Å². The van der Waals surface area contributed by atoms with Gasteiger partial charge in [-0.3, -0.25) is 4.79 Å². The SMILES string of the molecule is CC(CCBr)CNC(=O)c1ccc([N+](=O)[O-])n1C. The van der Waals surface area contributed by atoms with Crippen molar-refractivity contribution in [3.8, 4) is 0 Å². The number of alkyl halides is 1. The predicted octanol–water partition coefficient (Wildman–Crippen LogP) is 2.08. The summed E-state index contributed by atoms with van der Waals surface area (Å²) in [6.07, 6.45) is 0.966. The van der Waals surface area contributed by atoms with Crippen LogP contribution >= 0.6 is 15.9 Å². The average molecular weight is 318 g/mol. The molecule has 1 N–H and O–H groups in total. The van der Waals surface area contributed by atoms with Crippen LogP contribution in [-0.2, 0) is 7.05 Å². The Hall–Kier alpha value is -1.37. The maximum Gasteiger partial charge on any atom is 0.323 e. The zero-order valence-corrected chi connectivity index (χ0v) is 11.9. The zero-order chi connectivity index (χ0) is 13.7. The van der Waals surface area contributed by atoms with Crippen molar-refractivity contribution < 1.29 is 9.72 Å². The monoisotopic (exact) mass is 317 g/mol. The van der Waals surface area contributed by atoms with Crippen LogP contribution in [-0.4, -0.2) is 27.3 Å². The maximum atomic E-state index is 11.8. The summed E-state index contributed by atoms with van der Waals surface area (Å²) in [5.41, 5.74) is 0.299. The molecule has 1 atom stereocenters. The zero-order valence-electron chi connectivity index (χ0n) is 10.4. The van der Waals surface area contributed by atoms with Gasteiger partial charge in [-0.15, -0.1) is 0 Å². The van der Waals surface area contributed by atoms with Gasteiger partial charge in [-0.1, -0.05) is 22.9 Å². The van der Waals surface area contributed by atoms with Gasteiger partial charge in [0, 0.05) is 17.9 Å². The molecule has 6 nitrogen and oxygen atoms in total. The number of aromatic nitrogens is 1. The molecule has 1 aromatic rings. The molecular formula is C11H16BrN3O3. The van der Waals surface area contributed by atoms with E-state index < -0.39 is 4.92 Å². The number of nitro groups is 1. The summed E-state index contributed by atoms with van der Waals surface area (Å²) in [5.74, 6) is -0.00995. The van der Waals surface area contributed by atoms with Gasteiger partial charge in [0.2, 0.25) is 0 Å². The molecule has 1 amide bonds. The van der Waals surface area contributed by atoms with Crippen LogP contribution in [0.5, 0.6) is 0 Å². The minimum Gasteiger partial charge on any atom is -0.358 e. The third-order valence-electron chi connectivity index (χ3n) is 2.73. The molecule has 100 valence electrons. The fourth-order valence-electron chi connectivity index (χ4n) is 1.56. The standard InChI is InChI=1S/C11H16BrN3O3/c1-8(5-6-12)7-13-11(16)9-3-4-10(14(9)2)15(17)18/h3-4,8H,5-7H2,1-2H3,(H,13,16). The second-order valence-corrected chi connectivity index (χ2v) is 4.98. The molecule has 1 rings (SSSR count). The summed E-state index contributed by atoms with van der Waals surface area (Å²) in [5, 5.41) is 14.3. The fraction of sp³-hybridized carbons (Fsp3) is 0.545. The lowest BCUT2D eigenvalue weighted by atomic mass is 10.1. The number of hydrogen-bond acceptors (Lipinski definition) is 3. The van der Waals surface area contributed by atoms with Gasteiger partial charge in [-0.25, -0.2) is 4.57 Å². The van der Waals surface area contributed by atoms with Gasteiger partial charge in [0.15, 0.2) is 5.69 Å². The molecule has 0 aliphatic carbocycles. The smallest absolute Gasteiger partial charge is 0.323 e. The summed E-state index contributed by atoms with van der Waals surface area (Å²) < 4.78 is 1.28. The van der Waals surface area contributed by atoms with Crippen LogP contribution < -0.4 is 5.32 Å². The molecule has 0 saturated heterocycles. The highest BCUT2D eigenvalue weighted by Gasteiger charge is 2.20. The Balaban J connectivity index is 2.65. The molecule has 18 heavy (non-hydrogen) atoms. The molecule has 0 aromatic carbocycles. The quantitative estimate of drug-likeness (QED) is 0.495. The normalized spacial score (nSPS) is 12.2. The van der Waals surface area contributed by atoms with Crippen LogP contribution in [0, 0.1) is 16.0 Å². The Bertz CT molecular complexity index is 445. The van der Waals surface area contributed by atoms with E-state index in [2.05, 4.69) is 21.2 Å². The molecule has 1 heterocycles. The highest BCUT2D eigenvalue weighted by molar-refractivity contribution is 9.09. The van der Waals surface area contributed by atoms with Gasteiger partial charge in [-0.05, 0) is 23.3 Å². The van der Waals surface area contributed by atoms with Gasteiger partial charge in [0.25, 0.3) is 5.91 Å². The number of amides is 1. The first kappa shape index (κ1) is 14.7. The molecule has 0 spiro atoms. The van der Waals surface area contributed by atoms with E-state index >= 15 is 0 Å². The topological polar surface area (TPSA) is 77.2 Å². The number of hydrogen-bond donors (Lipinski definition) is 1. The fourth-order valence-corrected chi connectivity index (χ4v) is 2.34. The van der Waals surface area contributed by atoms with Gasteiger partial charge < -0.3 is 15.4 Å². The first-order chi connectivity index (χ1) is 8.47. The van der Waals surface area contributed by atoms with Crippen LogP contribution in [0.1, 0.15) is 23.8 Å². The molecule has 0 aliphatic rings. The van der Waals surface area contributed by atoms with E-state index in [1.165, 1.54) is 23.7 Å². The Labute approximate surface area is 114 Å². The molecule has 0 fully saturated rings. The van der Waals surface area contributed by atoms with Gasteiger partial charge in [0.05, 0.1) is 7.05 Å². The van der Waals surface area contributed by atoms with Crippen LogP contribution in [0.25, 0.3) is 0 Å². The van der Waals surface area contributed by atoms with E-state index in [4.69, 9.17) is 0 Å². The Morgan fingerprint density at radius 3 is 2.78 bits per heavy atom. The predicted molar refractivity (Wildman–Crippen MR) is 72.0 cm³/mol. The molecule has 0 radical (unpaired) electrons. The number of nitrogens with one attached hydrogen (secondary N) is 1. The Morgan fingerprint density at radius 2 is 2.28 bits per heavy atom. The lowest BCUT2D eigenvalue weighted by molar-refractivity contribution is -0.391. The van der Waals surface area contributed by atoms with Crippen molar-refractivity contribution in [2.45, 2.75) is 13.3 Å². The third kappa shape index (κ3) is 3.56.